The number of amides is 1. The van der Waals surface area contributed by atoms with E-state index in [-0.39, 0.29) is 41.7 Å². The van der Waals surface area contributed by atoms with E-state index in [0.29, 0.717) is 13.1 Å². The zero-order chi connectivity index (χ0) is 20.6. The third-order valence-electron chi connectivity index (χ3n) is 4.63. The summed E-state index contributed by atoms with van der Waals surface area (Å²) in [5.41, 5.74) is 0.521. The van der Waals surface area contributed by atoms with E-state index in [1.165, 1.54) is 6.07 Å². The second-order valence-corrected chi connectivity index (χ2v) is 8.18. The molecule has 0 aromatic heterocycles. The van der Waals surface area contributed by atoms with Crippen LogP contribution in [-0.2, 0) is 4.79 Å². The molecule has 0 bridgehead atoms. The van der Waals surface area contributed by atoms with Gasteiger partial charge in [-0.3, -0.25) is 9.79 Å². The molecule has 8 heteroatoms. The van der Waals surface area contributed by atoms with Crippen molar-refractivity contribution < 1.29 is 9.18 Å². The van der Waals surface area contributed by atoms with Crippen LogP contribution in [0.2, 0.25) is 0 Å². The second-order valence-electron chi connectivity index (χ2n) is 8.18. The zero-order valence-corrected chi connectivity index (χ0v) is 20.3. The van der Waals surface area contributed by atoms with Crippen LogP contribution in [0.1, 0.15) is 40.5 Å². The molecule has 3 N–H and O–H groups in total. The van der Waals surface area contributed by atoms with E-state index in [1.807, 2.05) is 33.8 Å². The Bertz CT molecular complexity index is 677. The van der Waals surface area contributed by atoms with Crippen molar-refractivity contribution in [1.82, 2.24) is 16.0 Å². The van der Waals surface area contributed by atoms with Crippen LogP contribution in [0.3, 0.4) is 0 Å². The lowest BCUT2D eigenvalue weighted by atomic mass is 9.96. The highest BCUT2D eigenvalue weighted by Gasteiger charge is 2.22. The van der Waals surface area contributed by atoms with Crippen LogP contribution in [0.15, 0.2) is 29.3 Å². The van der Waals surface area contributed by atoms with E-state index >= 15 is 0 Å². The van der Waals surface area contributed by atoms with Crippen molar-refractivity contribution in [1.29, 1.82) is 0 Å². The lowest BCUT2D eigenvalue weighted by Gasteiger charge is -2.35. The number of nitrogens with zero attached hydrogens (tertiary/aromatic N) is 2. The summed E-state index contributed by atoms with van der Waals surface area (Å²) >= 11 is 0. The number of benzene rings is 1. The summed E-state index contributed by atoms with van der Waals surface area (Å²) < 4.78 is 13.5. The fraction of sp³-hybridized carbons (Fsp3) is 0.619. The van der Waals surface area contributed by atoms with Gasteiger partial charge in [0.25, 0.3) is 0 Å². The Morgan fingerprint density at radius 3 is 2.72 bits per heavy atom. The van der Waals surface area contributed by atoms with E-state index in [1.54, 1.807) is 12.1 Å². The average molecular weight is 519 g/mol. The number of aliphatic imine (C=N–C) groups is 1. The normalized spacial score (nSPS) is 17.3. The second kappa shape index (κ2) is 12.2. The number of hydrogen-bond acceptors (Lipinski definition) is 3. The Morgan fingerprint density at radius 1 is 1.31 bits per heavy atom. The molecule has 0 saturated carbocycles. The van der Waals surface area contributed by atoms with Gasteiger partial charge in [0.2, 0.25) is 5.91 Å². The smallest absolute Gasteiger partial charge is 0.225 e. The number of rotatable bonds is 6. The maximum atomic E-state index is 13.5. The molecular formula is C21H35FIN5O. The van der Waals surface area contributed by atoms with Gasteiger partial charge in [-0.15, -0.1) is 24.0 Å². The van der Waals surface area contributed by atoms with Gasteiger partial charge in [-0.05, 0) is 38.0 Å². The molecule has 164 valence electrons. The summed E-state index contributed by atoms with van der Waals surface area (Å²) in [4.78, 5) is 18.7. The van der Waals surface area contributed by atoms with Crippen LogP contribution < -0.4 is 20.9 Å². The van der Waals surface area contributed by atoms with Crippen LogP contribution in [0, 0.1) is 11.2 Å². The number of carbonyl (C=O) groups is 1. The van der Waals surface area contributed by atoms with E-state index < -0.39 is 5.41 Å². The Morgan fingerprint density at radius 2 is 2.07 bits per heavy atom. The Hall–Kier alpha value is -1.58. The molecule has 1 unspecified atom stereocenters. The molecule has 0 spiro atoms. The minimum absolute atomic E-state index is 0. The molecule has 1 aromatic carbocycles. The molecule has 6 nitrogen and oxygen atoms in total. The van der Waals surface area contributed by atoms with Crippen LogP contribution in [0.5, 0.6) is 0 Å². The molecule has 1 aromatic rings. The Balaban J connectivity index is 0.00000420. The largest absolute Gasteiger partial charge is 0.369 e. The fourth-order valence-corrected chi connectivity index (χ4v) is 3.12. The lowest BCUT2D eigenvalue weighted by molar-refractivity contribution is -0.128. The highest BCUT2D eigenvalue weighted by Crippen LogP contribution is 2.20. The molecule has 0 aliphatic carbocycles. The minimum Gasteiger partial charge on any atom is -0.369 e. The van der Waals surface area contributed by atoms with Gasteiger partial charge in [0.05, 0.1) is 6.54 Å². The number of piperidine rings is 1. The van der Waals surface area contributed by atoms with Gasteiger partial charge in [-0.2, -0.15) is 0 Å². The first kappa shape index (κ1) is 25.5. The van der Waals surface area contributed by atoms with Crippen molar-refractivity contribution in [3.63, 3.8) is 0 Å². The van der Waals surface area contributed by atoms with Gasteiger partial charge in [0.15, 0.2) is 5.96 Å². The molecule has 1 aliphatic heterocycles. The predicted molar refractivity (Wildman–Crippen MR) is 129 cm³/mol. The number of carbonyl (C=O) groups excluding carboxylic acids is 1. The average Bonchev–Trinajstić information content (AvgIpc) is 2.64. The highest BCUT2D eigenvalue weighted by molar-refractivity contribution is 14.0. The summed E-state index contributed by atoms with van der Waals surface area (Å²) in [6.07, 6.45) is 2.08. The molecule has 1 saturated heterocycles. The lowest BCUT2D eigenvalue weighted by Crippen LogP contribution is -2.51. The first-order valence-corrected chi connectivity index (χ1v) is 10.1. The first-order chi connectivity index (χ1) is 13.3. The Labute approximate surface area is 191 Å². The van der Waals surface area contributed by atoms with Gasteiger partial charge in [0, 0.05) is 43.3 Å². The van der Waals surface area contributed by atoms with Crippen LogP contribution >= 0.6 is 24.0 Å². The fourth-order valence-electron chi connectivity index (χ4n) is 3.12. The molecule has 29 heavy (non-hydrogen) atoms. The molecule has 1 atom stereocenters. The molecule has 2 rings (SSSR count). The number of halogens is 2. The monoisotopic (exact) mass is 519 g/mol. The number of nitrogens with one attached hydrogen (secondary N) is 3. The molecule has 0 radical (unpaired) electrons. The van der Waals surface area contributed by atoms with Crippen molar-refractivity contribution in [3.8, 4) is 0 Å². The predicted octanol–water partition coefficient (Wildman–Crippen LogP) is 3.13. The van der Waals surface area contributed by atoms with Crippen molar-refractivity contribution in [2.75, 3.05) is 37.6 Å². The van der Waals surface area contributed by atoms with Crippen molar-refractivity contribution in [2.45, 2.75) is 46.6 Å². The van der Waals surface area contributed by atoms with E-state index in [9.17, 15) is 9.18 Å². The van der Waals surface area contributed by atoms with Gasteiger partial charge >= 0.3 is 0 Å². The number of guanidine groups is 1. The Kier molecular flexibility index (Phi) is 10.7. The summed E-state index contributed by atoms with van der Waals surface area (Å²) in [7, 11) is 0. The molecule has 1 aliphatic rings. The van der Waals surface area contributed by atoms with Gasteiger partial charge in [-0.25, -0.2) is 4.39 Å². The topological polar surface area (TPSA) is 68.8 Å². The standard InChI is InChI=1S/C21H34FN5O.HI/c1-5-23-20(25-12-11-24-19(28)21(2,3)4)26-17-9-7-13-27(15-17)18-10-6-8-16(22)14-18;/h6,8,10,14,17H,5,7,9,11-13,15H2,1-4H3,(H,24,28)(H2,23,25,26);1H. The van der Waals surface area contributed by atoms with Crippen molar-refractivity contribution in [3.05, 3.63) is 30.1 Å². The SMILES string of the molecule is CCNC(=NCCNC(=O)C(C)(C)C)NC1CCCN(c2cccc(F)c2)C1.I. The number of hydrogen-bond donors (Lipinski definition) is 3. The van der Waals surface area contributed by atoms with Gasteiger partial charge in [-0.1, -0.05) is 26.8 Å². The quantitative estimate of drug-likeness (QED) is 0.234. The van der Waals surface area contributed by atoms with Crippen molar-refractivity contribution in [2.24, 2.45) is 10.4 Å². The molecular weight excluding hydrogens is 484 g/mol. The van der Waals surface area contributed by atoms with Crippen LogP contribution in [-0.4, -0.2) is 50.6 Å². The van der Waals surface area contributed by atoms with E-state index in [4.69, 9.17) is 0 Å². The zero-order valence-electron chi connectivity index (χ0n) is 17.9. The third kappa shape index (κ3) is 8.76. The van der Waals surface area contributed by atoms with Gasteiger partial charge in [0.1, 0.15) is 5.82 Å². The minimum atomic E-state index is -0.394. The van der Waals surface area contributed by atoms with Crippen LogP contribution in [0.25, 0.3) is 0 Å². The van der Waals surface area contributed by atoms with E-state index in [2.05, 4.69) is 25.8 Å². The maximum Gasteiger partial charge on any atom is 0.225 e. The summed E-state index contributed by atoms with van der Waals surface area (Å²) in [5, 5.41) is 9.65. The summed E-state index contributed by atoms with van der Waals surface area (Å²) in [5.74, 6) is 0.567. The number of anilines is 1. The summed E-state index contributed by atoms with van der Waals surface area (Å²) in [6, 6.07) is 6.98. The van der Waals surface area contributed by atoms with Crippen molar-refractivity contribution >= 4 is 41.5 Å². The molecule has 1 fully saturated rings. The third-order valence-corrected chi connectivity index (χ3v) is 4.63. The molecule has 1 amide bonds. The van der Waals surface area contributed by atoms with Crippen LogP contribution in [0.4, 0.5) is 10.1 Å². The van der Waals surface area contributed by atoms with Gasteiger partial charge < -0.3 is 20.9 Å². The molecule has 1 heterocycles. The maximum absolute atomic E-state index is 13.5. The highest BCUT2D eigenvalue weighted by atomic mass is 127. The first-order valence-electron chi connectivity index (χ1n) is 10.1. The van der Waals surface area contributed by atoms with E-state index in [0.717, 1.165) is 44.1 Å². The summed E-state index contributed by atoms with van der Waals surface area (Å²) in [6.45, 7) is 11.2.